The fourth-order valence-corrected chi connectivity index (χ4v) is 3.38. The van der Waals surface area contributed by atoms with Crippen molar-refractivity contribution < 1.29 is 19.3 Å². The molecule has 1 N–H and O–H groups in total. The molecule has 9 heteroatoms. The monoisotopic (exact) mass is 380 g/mol. The Labute approximate surface area is 159 Å². The SMILES string of the molecule is O=C1CCC(=O)N(c2ccc(C(=O)N3CCc4ccc([N+](=O)[O-])cc43)cc2)N1. The summed E-state index contributed by atoms with van der Waals surface area (Å²) in [4.78, 5) is 48.5. The normalized spacial score (nSPS) is 16.0. The third-order valence-corrected chi connectivity index (χ3v) is 4.84. The van der Waals surface area contributed by atoms with E-state index in [1.54, 1.807) is 30.3 Å². The predicted molar refractivity (Wildman–Crippen MR) is 99.8 cm³/mol. The van der Waals surface area contributed by atoms with Crippen molar-refractivity contribution in [3.63, 3.8) is 0 Å². The molecular formula is C19H16N4O5. The first kappa shape index (κ1) is 17.7. The fraction of sp³-hybridized carbons (Fsp3) is 0.211. The summed E-state index contributed by atoms with van der Waals surface area (Å²) in [7, 11) is 0. The van der Waals surface area contributed by atoms with Crippen LogP contribution in [-0.4, -0.2) is 29.2 Å². The van der Waals surface area contributed by atoms with E-state index >= 15 is 0 Å². The second-order valence-corrected chi connectivity index (χ2v) is 6.59. The second-order valence-electron chi connectivity index (χ2n) is 6.59. The molecule has 2 aliphatic heterocycles. The highest BCUT2D eigenvalue weighted by Gasteiger charge is 2.28. The Hall–Kier alpha value is -3.75. The molecule has 0 aromatic heterocycles. The van der Waals surface area contributed by atoms with Gasteiger partial charge in [0, 0.05) is 37.1 Å². The summed E-state index contributed by atoms with van der Waals surface area (Å²) in [5.74, 6) is -0.741. The predicted octanol–water partition coefficient (Wildman–Crippen LogP) is 1.96. The van der Waals surface area contributed by atoms with Crippen LogP contribution in [0.5, 0.6) is 0 Å². The van der Waals surface area contributed by atoms with E-state index in [0.717, 1.165) is 5.56 Å². The van der Waals surface area contributed by atoms with Crippen molar-refractivity contribution in [3.8, 4) is 0 Å². The van der Waals surface area contributed by atoms with Crippen molar-refractivity contribution in [3.05, 3.63) is 63.7 Å². The van der Waals surface area contributed by atoms with Crippen molar-refractivity contribution in [1.29, 1.82) is 0 Å². The number of anilines is 2. The molecule has 28 heavy (non-hydrogen) atoms. The number of hydrogen-bond donors (Lipinski definition) is 1. The number of non-ortho nitro benzene ring substituents is 1. The van der Waals surface area contributed by atoms with Gasteiger partial charge in [0.1, 0.15) is 0 Å². The summed E-state index contributed by atoms with van der Waals surface area (Å²) >= 11 is 0. The number of benzene rings is 2. The summed E-state index contributed by atoms with van der Waals surface area (Å²) in [6.07, 6.45) is 0.924. The molecule has 142 valence electrons. The molecule has 2 aromatic carbocycles. The minimum Gasteiger partial charge on any atom is -0.308 e. The standard InChI is InChI=1S/C19H16N4O5/c24-17-7-8-18(25)22(20-17)14-4-2-13(3-5-14)19(26)21-10-9-12-1-6-15(23(27)28)11-16(12)21/h1-6,11H,7-10H2,(H,20,24). The summed E-state index contributed by atoms with van der Waals surface area (Å²) in [6, 6.07) is 10.8. The lowest BCUT2D eigenvalue weighted by Crippen LogP contribution is -2.50. The molecule has 9 nitrogen and oxygen atoms in total. The Kier molecular flexibility index (Phi) is 4.26. The number of carbonyl (C=O) groups excluding carboxylic acids is 3. The molecule has 0 unspecified atom stereocenters. The zero-order valence-corrected chi connectivity index (χ0v) is 14.8. The maximum absolute atomic E-state index is 12.9. The van der Waals surface area contributed by atoms with Gasteiger partial charge in [-0.1, -0.05) is 6.07 Å². The molecule has 1 saturated heterocycles. The molecule has 0 aliphatic carbocycles. The molecule has 2 aliphatic rings. The van der Waals surface area contributed by atoms with E-state index in [2.05, 4.69) is 5.43 Å². The number of nitrogens with zero attached hydrogens (tertiary/aromatic N) is 3. The Balaban J connectivity index is 1.57. The lowest BCUT2D eigenvalue weighted by Gasteiger charge is -2.27. The average molecular weight is 380 g/mol. The molecule has 1 fully saturated rings. The number of nitro benzene ring substituents is 1. The molecule has 2 aromatic rings. The highest BCUT2D eigenvalue weighted by molar-refractivity contribution is 6.08. The molecule has 2 heterocycles. The van der Waals surface area contributed by atoms with Crippen LogP contribution in [0.4, 0.5) is 17.1 Å². The van der Waals surface area contributed by atoms with Gasteiger partial charge in [0.05, 0.1) is 16.3 Å². The van der Waals surface area contributed by atoms with E-state index in [1.165, 1.54) is 22.0 Å². The number of hydrazine groups is 1. The van der Waals surface area contributed by atoms with Crippen LogP contribution < -0.4 is 15.3 Å². The van der Waals surface area contributed by atoms with E-state index in [4.69, 9.17) is 0 Å². The van der Waals surface area contributed by atoms with E-state index < -0.39 is 4.92 Å². The third kappa shape index (κ3) is 3.07. The van der Waals surface area contributed by atoms with Crippen LogP contribution in [-0.2, 0) is 16.0 Å². The first-order valence-corrected chi connectivity index (χ1v) is 8.76. The van der Waals surface area contributed by atoms with Crippen LogP contribution in [0.15, 0.2) is 42.5 Å². The highest BCUT2D eigenvalue weighted by Crippen LogP contribution is 2.33. The first-order valence-electron chi connectivity index (χ1n) is 8.76. The van der Waals surface area contributed by atoms with Crippen LogP contribution in [0.3, 0.4) is 0 Å². The van der Waals surface area contributed by atoms with Crippen LogP contribution in [0, 0.1) is 10.1 Å². The number of fused-ring (bicyclic) bond motifs is 1. The minimum absolute atomic E-state index is 0.0619. The van der Waals surface area contributed by atoms with E-state index in [1.807, 2.05) is 0 Å². The fourth-order valence-electron chi connectivity index (χ4n) is 3.38. The van der Waals surface area contributed by atoms with E-state index in [0.29, 0.717) is 29.9 Å². The summed E-state index contributed by atoms with van der Waals surface area (Å²) in [6.45, 7) is 0.442. The van der Waals surface area contributed by atoms with Crippen LogP contribution >= 0.6 is 0 Å². The maximum Gasteiger partial charge on any atom is 0.271 e. The quantitative estimate of drug-likeness (QED) is 0.646. The van der Waals surface area contributed by atoms with Crippen LogP contribution in [0.1, 0.15) is 28.8 Å². The molecule has 0 atom stereocenters. The van der Waals surface area contributed by atoms with Gasteiger partial charge in [0.15, 0.2) is 0 Å². The van der Waals surface area contributed by atoms with Gasteiger partial charge in [0.2, 0.25) is 11.8 Å². The smallest absolute Gasteiger partial charge is 0.271 e. The molecular weight excluding hydrogens is 364 g/mol. The molecule has 0 saturated carbocycles. The lowest BCUT2D eigenvalue weighted by molar-refractivity contribution is -0.384. The molecule has 0 radical (unpaired) electrons. The van der Waals surface area contributed by atoms with Crippen LogP contribution in [0.2, 0.25) is 0 Å². The second kappa shape index (κ2) is 6.76. The molecule has 4 rings (SSSR count). The number of rotatable bonds is 3. The zero-order valence-electron chi connectivity index (χ0n) is 14.8. The van der Waals surface area contributed by atoms with Gasteiger partial charge in [-0.05, 0) is 36.2 Å². The Morgan fingerprint density at radius 2 is 1.79 bits per heavy atom. The Morgan fingerprint density at radius 3 is 2.50 bits per heavy atom. The van der Waals surface area contributed by atoms with Crippen molar-refractivity contribution in [2.45, 2.75) is 19.3 Å². The van der Waals surface area contributed by atoms with Gasteiger partial charge < -0.3 is 4.90 Å². The largest absolute Gasteiger partial charge is 0.308 e. The number of carbonyl (C=O) groups is 3. The molecule has 0 spiro atoms. The number of amides is 3. The van der Waals surface area contributed by atoms with Crippen molar-refractivity contribution >= 4 is 34.8 Å². The number of nitrogens with one attached hydrogen (secondary N) is 1. The molecule has 0 bridgehead atoms. The van der Waals surface area contributed by atoms with Crippen molar-refractivity contribution in [2.24, 2.45) is 0 Å². The average Bonchev–Trinajstić information content (AvgIpc) is 3.12. The highest BCUT2D eigenvalue weighted by atomic mass is 16.6. The maximum atomic E-state index is 12.9. The number of hydrogen-bond acceptors (Lipinski definition) is 5. The topological polar surface area (TPSA) is 113 Å². The Bertz CT molecular complexity index is 1000. The first-order chi connectivity index (χ1) is 13.4. The molecule has 3 amide bonds. The van der Waals surface area contributed by atoms with Gasteiger partial charge in [-0.2, -0.15) is 0 Å². The van der Waals surface area contributed by atoms with E-state index in [-0.39, 0.29) is 36.3 Å². The van der Waals surface area contributed by atoms with E-state index in [9.17, 15) is 24.5 Å². The zero-order chi connectivity index (χ0) is 19.8. The van der Waals surface area contributed by atoms with Gasteiger partial charge in [-0.3, -0.25) is 29.9 Å². The van der Waals surface area contributed by atoms with Gasteiger partial charge in [-0.15, -0.1) is 0 Å². The third-order valence-electron chi connectivity index (χ3n) is 4.84. The van der Waals surface area contributed by atoms with Gasteiger partial charge >= 0.3 is 0 Å². The Morgan fingerprint density at radius 1 is 1.04 bits per heavy atom. The minimum atomic E-state index is -0.486. The summed E-state index contributed by atoms with van der Waals surface area (Å²) in [5, 5.41) is 12.2. The van der Waals surface area contributed by atoms with Gasteiger partial charge in [0.25, 0.3) is 11.6 Å². The summed E-state index contributed by atoms with van der Waals surface area (Å²) in [5.41, 5.74) is 4.72. The lowest BCUT2D eigenvalue weighted by atomic mass is 10.1. The van der Waals surface area contributed by atoms with Crippen molar-refractivity contribution in [2.75, 3.05) is 16.5 Å². The number of nitro groups is 1. The van der Waals surface area contributed by atoms with Crippen molar-refractivity contribution in [1.82, 2.24) is 5.43 Å². The summed E-state index contributed by atoms with van der Waals surface area (Å²) < 4.78 is 0. The van der Waals surface area contributed by atoms with Crippen LogP contribution in [0.25, 0.3) is 0 Å². The van der Waals surface area contributed by atoms with Gasteiger partial charge in [-0.25, -0.2) is 5.01 Å².